The summed E-state index contributed by atoms with van der Waals surface area (Å²) in [5, 5.41) is 0. The number of ketones is 1. The molecule has 0 amide bonds. The lowest BCUT2D eigenvalue weighted by molar-refractivity contribution is -0.142. The Morgan fingerprint density at radius 3 is 2.42 bits per heavy atom. The molecule has 0 aromatic heterocycles. The maximum absolute atomic E-state index is 12.4. The first kappa shape index (κ1) is 17.1. The van der Waals surface area contributed by atoms with Gasteiger partial charge in [0.1, 0.15) is 5.78 Å². The van der Waals surface area contributed by atoms with Gasteiger partial charge in [0.15, 0.2) is 0 Å². The van der Waals surface area contributed by atoms with Gasteiger partial charge in [0, 0.05) is 6.42 Å². The molecule has 0 radical (unpaired) electrons. The lowest BCUT2D eigenvalue weighted by atomic mass is 9.62. The predicted molar refractivity (Wildman–Crippen MR) is 83.6 cm³/mol. The molecule has 1 fully saturated rings. The zero-order valence-corrected chi connectivity index (χ0v) is 14.8. The summed E-state index contributed by atoms with van der Waals surface area (Å²) in [5.41, 5.74) is -1.05. The average molecular weight is 400 g/mol. The number of carbonyl (C=O) groups is 1. The molecule has 1 rings (SSSR count). The van der Waals surface area contributed by atoms with Gasteiger partial charge < -0.3 is 0 Å². The van der Waals surface area contributed by atoms with Crippen molar-refractivity contribution < 1.29 is 17.4 Å². The second kappa shape index (κ2) is 5.44. The fourth-order valence-electron chi connectivity index (χ4n) is 2.58. The summed E-state index contributed by atoms with van der Waals surface area (Å²) >= 11 is 2.07. The van der Waals surface area contributed by atoms with E-state index >= 15 is 0 Å². The second-order valence-corrected chi connectivity index (χ2v) is 9.50. The van der Waals surface area contributed by atoms with E-state index in [9.17, 15) is 13.2 Å². The van der Waals surface area contributed by atoms with Crippen molar-refractivity contribution in [2.75, 3.05) is 6.26 Å². The molecule has 110 valence electrons. The van der Waals surface area contributed by atoms with Crippen LogP contribution in [0.5, 0.6) is 0 Å². The van der Waals surface area contributed by atoms with E-state index in [2.05, 4.69) is 29.2 Å². The number of halogens is 1. The lowest BCUT2D eigenvalue weighted by Gasteiger charge is -2.45. The van der Waals surface area contributed by atoms with Crippen molar-refractivity contribution in [3.8, 4) is 0 Å². The van der Waals surface area contributed by atoms with Gasteiger partial charge in [-0.15, -0.1) is 0 Å². The Morgan fingerprint density at radius 1 is 1.47 bits per heavy atom. The highest BCUT2D eigenvalue weighted by Gasteiger charge is 2.50. The summed E-state index contributed by atoms with van der Waals surface area (Å²) in [6.45, 7) is 9.53. The molecule has 1 aliphatic rings. The van der Waals surface area contributed by atoms with Crippen molar-refractivity contribution in [2.24, 2.45) is 10.8 Å². The van der Waals surface area contributed by atoms with E-state index < -0.39 is 21.6 Å². The van der Waals surface area contributed by atoms with Crippen LogP contribution in [-0.4, -0.2) is 26.6 Å². The smallest absolute Gasteiger partial charge is 0.264 e. The first-order valence-electron chi connectivity index (χ1n) is 6.11. The molecule has 0 aliphatic heterocycles. The van der Waals surface area contributed by atoms with Crippen LogP contribution in [0.4, 0.5) is 0 Å². The molecule has 0 aromatic rings. The van der Waals surface area contributed by atoms with Gasteiger partial charge in [-0.3, -0.25) is 8.98 Å². The molecule has 1 saturated carbocycles. The molecular weight excluding hydrogens is 379 g/mol. The van der Waals surface area contributed by atoms with Gasteiger partial charge >= 0.3 is 0 Å². The fourth-order valence-corrected chi connectivity index (χ4v) is 4.07. The Balaban J connectivity index is 3.15. The van der Waals surface area contributed by atoms with Crippen molar-refractivity contribution >= 4 is 38.5 Å². The second-order valence-electron chi connectivity index (χ2n) is 6.37. The van der Waals surface area contributed by atoms with Gasteiger partial charge in [-0.2, -0.15) is 8.42 Å². The van der Waals surface area contributed by atoms with Gasteiger partial charge in [0.2, 0.25) is 0 Å². The average Bonchev–Trinajstić information content (AvgIpc) is 2.09. The van der Waals surface area contributed by atoms with Crippen molar-refractivity contribution in [2.45, 2.75) is 46.1 Å². The highest BCUT2D eigenvalue weighted by atomic mass is 127. The van der Waals surface area contributed by atoms with Crippen LogP contribution in [0.3, 0.4) is 0 Å². The molecule has 6 heteroatoms. The number of allylic oxidation sites excluding steroid dienone is 1. The molecule has 0 heterocycles. The van der Waals surface area contributed by atoms with Gasteiger partial charge in [0.05, 0.1) is 17.8 Å². The van der Waals surface area contributed by atoms with Crippen LogP contribution in [0.2, 0.25) is 0 Å². The summed E-state index contributed by atoms with van der Waals surface area (Å²) in [7, 11) is -3.59. The van der Waals surface area contributed by atoms with E-state index in [1.165, 1.54) is 0 Å². The van der Waals surface area contributed by atoms with Crippen LogP contribution in [0.25, 0.3) is 0 Å². The van der Waals surface area contributed by atoms with Crippen molar-refractivity contribution in [3.05, 3.63) is 10.2 Å². The molecule has 0 unspecified atom stereocenters. The molecule has 0 N–H and O–H groups in total. The molecule has 0 saturated heterocycles. The highest BCUT2D eigenvalue weighted by molar-refractivity contribution is 14.1. The van der Waals surface area contributed by atoms with Crippen molar-refractivity contribution in [3.63, 3.8) is 0 Å². The highest BCUT2D eigenvalue weighted by Crippen LogP contribution is 2.48. The number of hydrogen-bond acceptors (Lipinski definition) is 4. The van der Waals surface area contributed by atoms with E-state index in [1.807, 2.05) is 13.8 Å². The summed E-state index contributed by atoms with van der Waals surface area (Å²) in [6, 6.07) is 0. The number of Topliss-reactive ketones (excluding diaryl/α,β-unsaturated/α-hetero) is 1. The zero-order chi connectivity index (χ0) is 15.1. The van der Waals surface area contributed by atoms with Crippen LogP contribution in [0.15, 0.2) is 10.2 Å². The molecule has 4 nitrogen and oxygen atoms in total. The van der Waals surface area contributed by atoms with Gasteiger partial charge in [-0.25, -0.2) is 0 Å². The third kappa shape index (κ3) is 4.53. The van der Waals surface area contributed by atoms with E-state index in [4.69, 9.17) is 4.18 Å². The molecular formula is C13H21IO4S. The van der Waals surface area contributed by atoms with E-state index in [-0.39, 0.29) is 11.2 Å². The van der Waals surface area contributed by atoms with Crippen LogP contribution >= 0.6 is 22.6 Å². The summed E-state index contributed by atoms with van der Waals surface area (Å²) in [5.74, 6) is 0.0511. The van der Waals surface area contributed by atoms with Crippen molar-refractivity contribution in [1.29, 1.82) is 0 Å². The quantitative estimate of drug-likeness (QED) is 0.538. The largest absolute Gasteiger partial charge is 0.299 e. The number of carbonyl (C=O) groups excluding carboxylic acids is 1. The van der Waals surface area contributed by atoms with Gasteiger partial charge in [-0.05, 0) is 51.4 Å². The molecule has 2 atom stereocenters. The standard InChI is InChI=1S/C13H21IO4S/c1-9(14)6-13(4)10(15)7-12(2,3)8-11(13)18-19(5,16)17/h11H,1,6-8H2,2-5H3/t11-,13-/m1/s1. The molecule has 0 bridgehead atoms. The molecule has 0 aromatic carbocycles. The van der Waals surface area contributed by atoms with Crippen molar-refractivity contribution in [1.82, 2.24) is 0 Å². The predicted octanol–water partition coefficient (Wildman–Crippen LogP) is 3.07. The van der Waals surface area contributed by atoms with E-state index in [0.29, 0.717) is 19.3 Å². The van der Waals surface area contributed by atoms with Crippen LogP contribution < -0.4 is 0 Å². The Hall–Kier alpha value is 0.0500. The number of hydrogen-bond donors (Lipinski definition) is 0. The molecule has 19 heavy (non-hydrogen) atoms. The number of rotatable bonds is 4. The third-order valence-electron chi connectivity index (χ3n) is 3.57. The first-order chi connectivity index (χ1) is 8.36. The third-order valence-corrected chi connectivity index (χ3v) is 4.54. The fraction of sp³-hybridized carbons (Fsp3) is 0.769. The Labute approximate surface area is 129 Å². The normalized spacial score (nSPS) is 31.2. The summed E-state index contributed by atoms with van der Waals surface area (Å²) in [4.78, 5) is 12.4. The maximum Gasteiger partial charge on any atom is 0.264 e. The van der Waals surface area contributed by atoms with Gasteiger partial charge in [0.25, 0.3) is 10.1 Å². The van der Waals surface area contributed by atoms with Crippen LogP contribution in [-0.2, 0) is 19.1 Å². The van der Waals surface area contributed by atoms with Gasteiger partial charge in [-0.1, -0.05) is 20.4 Å². The summed E-state index contributed by atoms with van der Waals surface area (Å²) in [6.07, 6.45) is 1.84. The van der Waals surface area contributed by atoms with E-state index in [1.54, 1.807) is 6.92 Å². The maximum atomic E-state index is 12.4. The Bertz CT molecular complexity index is 495. The lowest BCUT2D eigenvalue weighted by Crippen LogP contribution is -2.50. The molecule has 0 spiro atoms. The van der Waals surface area contributed by atoms with Crippen LogP contribution in [0.1, 0.15) is 40.0 Å². The minimum atomic E-state index is -3.59. The SMILES string of the molecule is C=C(I)C[C@]1(C)C(=O)CC(C)(C)C[C@H]1OS(C)(=O)=O. The Morgan fingerprint density at radius 2 is 2.00 bits per heavy atom. The van der Waals surface area contributed by atoms with Crippen LogP contribution in [0, 0.1) is 10.8 Å². The zero-order valence-electron chi connectivity index (χ0n) is 11.8. The monoisotopic (exact) mass is 400 g/mol. The molecule has 1 aliphatic carbocycles. The summed E-state index contributed by atoms with van der Waals surface area (Å²) < 4.78 is 28.9. The van der Waals surface area contributed by atoms with E-state index in [0.717, 1.165) is 9.84 Å². The first-order valence-corrected chi connectivity index (χ1v) is 9.00. The topological polar surface area (TPSA) is 60.4 Å². The Kier molecular flexibility index (Phi) is 4.90. The minimum Gasteiger partial charge on any atom is -0.299 e. The minimum absolute atomic E-state index is 0.0511.